The summed E-state index contributed by atoms with van der Waals surface area (Å²) in [6, 6.07) is 0.597. The van der Waals surface area contributed by atoms with Gasteiger partial charge in [0.05, 0.1) is 6.10 Å². The molecule has 1 rings (SSSR count). The third-order valence-electron chi connectivity index (χ3n) is 3.14. The minimum atomic E-state index is 0.410. The Kier molecular flexibility index (Phi) is 5.07. The van der Waals surface area contributed by atoms with Gasteiger partial charge in [-0.25, -0.2) is 0 Å². The van der Waals surface area contributed by atoms with Gasteiger partial charge in [-0.3, -0.25) is 0 Å². The third-order valence-corrected chi connectivity index (χ3v) is 3.14. The normalized spacial score (nSPS) is 27.2. The maximum absolute atomic E-state index is 5.51. The van der Waals surface area contributed by atoms with Crippen molar-refractivity contribution in [2.75, 3.05) is 13.2 Å². The maximum atomic E-state index is 5.51. The highest BCUT2D eigenvalue weighted by atomic mass is 16.5. The fourth-order valence-corrected chi connectivity index (χ4v) is 2.07. The Labute approximate surface area is 94.8 Å². The van der Waals surface area contributed by atoms with E-state index in [2.05, 4.69) is 33.0 Å². The molecule has 0 aromatic carbocycles. The first kappa shape index (κ1) is 13.0. The summed E-state index contributed by atoms with van der Waals surface area (Å²) in [5, 5.41) is 3.59. The van der Waals surface area contributed by atoms with Crippen LogP contribution in [0.25, 0.3) is 0 Å². The standard InChI is InChI=1S/C13H27NO/c1-11-12(7-10-15-11)14-9-6-5-8-13(2,3)4/h11-12,14H,5-10H2,1-4H3. The SMILES string of the molecule is CC1OCCC1NCCCCC(C)(C)C. The summed E-state index contributed by atoms with van der Waals surface area (Å²) in [6.07, 6.45) is 5.54. The van der Waals surface area contributed by atoms with E-state index in [1.807, 2.05) is 0 Å². The van der Waals surface area contributed by atoms with Gasteiger partial charge in [0.1, 0.15) is 0 Å². The molecule has 1 aliphatic heterocycles. The van der Waals surface area contributed by atoms with Crippen molar-refractivity contribution < 1.29 is 4.74 Å². The van der Waals surface area contributed by atoms with Crippen molar-refractivity contribution in [1.29, 1.82) is 0 Å². The third kappa shape index (κ3) is 5.53. The van der Waals surface area contributed by atoms with E-state index in [0.717, 1.165) is 13.2 Å². The van der Waals surface area contributed by atoms with E-state index in [1.165, 1.54) is 25.7 Å². The molecule has 90 valence electrons. The zero-order valence-corrected chi connectivity index (χ0v) is 10.8. The summed E-state index contributed by atoms with van der Waals surface area (Å²) in [5.41, 5.74) is 0.490. The quantitative estimate of drug-likeness (QED) is 0.709. The molecule has 0 aromatic heterocycles. The van der Waals surface area contributed by atoms with Crippen LogP contribution in [0, 0.1) is 5.41 Å². The topological polar surface area (TPSA) is 21.3 Å². The van der Waals surface area contributed by atoms with E-state index in [1.54, 1.807) is 0 Å². The molecular formula is C13H27NO. The molecule has 2 atom stereocenters. The molecule has 1 N–H and O–H groups in total. The summed E-state index contributed by atoms with van der Waals surface area (Å²) >= 11 is 0. The van der Waals surface area contributed by atoms with Gasteiger partial charge in [-0.2, -0.15) is 0 Å². The summed E-state index contributed by atoms with van der Waals surface area (Å²) in [5.74, 6) is 0. The molecule has 1 fully saturated rings. The number of hydrogen-bond acceptors (Lipinski definition) is 2. The Bertz CT molecular complexity index is 174. The van der Waals surface area contributed by atoms with E-state index in [0.29, 0.717) is 17.6 Å². The zero-order chi connectivity index (χ0) is 11.3. The van der Waals surface area contributed by atoms with Crippen molar-refractivity contribution in [3.05, 3.63) is 0 Å². The van der Waals surface area contributed by atoms with Crippen LogP contribution in [-0.4, -0.2) is 25.3 Å². The maximum Gasteiger partial charge on any atom is 0.0700 e. The summed E-state index contributed by atoms with van der Waals surface area (Å²) in [4.78, 5) is 0. The highest BCUT2D eigenvalue weighted by Gasteiger charge is 2.22. The zero-order valence-electron chi connectivity index (χ0n) is 10.8. The van der Waals surface area contributed by atoms with Crippen LogP contribution in [0.2, 0.25) is 0 Å². The van der Waals surface area contributed by atoms with E-state index in [-0.39, 0.29) is 0 Å². The number of unbranched alkanes of at least 4 members (excludes halogenated alkanes) is 1. The fourth-order valence-electron chi connectivity index (χ4n) is 2.07. The van der Waals surface area contributed by atoms with Crippen molar-refractivity contribution in [2.24, 2.45) is 5.41 Å². The molecule has 0 radical (unpaired) electrons. The Morgan fingerprint density at radius 2 is 2.00 bits per heavy atom. The average molecular weight is 213 g/mol. The molecule has 2 heteroatoms. The average Bonchev–Trinajstić information content (AvgIpc) is 2.49. The van der Waals surface area contributed by atoms with E-state index in [4.69, 9.17) is 4.74 Å². The largest absolute Gasteiger partial charge is 0.377 e. The second-order valence-electron chi connectivity index (χ2n) is 5.94. The van der Waals surface area contributed by atoms with Crippen LogP contribution in [0.4, 0.5) is 0 Å². The first-order valence-corrected chi connectivity index (χ1v) is 6.34. The Balaban J connectivity index is 1.97. The molecule has 0 saturated carbocycles. The van der Waals surface area contributed by atoms with Gasteiger partial charge in [-0.05, 0) is 38.1 Å². The molecule has 15 heavy (non-hydrogen) atoms. The lowest BCUT2D eigenvalue weighted by Crippen LogP contribution is -2.35. The molecule has 1 saturated heterocycles. The lowest BCUT2D eigenvalue weighted by atomic mass is 9.90. The van der Waals surface area contributed by atoms with Crippen LogP contribution in [-0.2, 0) is 4.74 Å². The minimum Gasteiger partial charge on any atom is -0.377 e. The van der Waals surface area contributed by atoms with Crippen molar-refractivity contribution in [2.45, 2.75) is 65.5 Å². The first-order valence-electron chi connectivity index (χ1n) is 6.34. The van der Waals surface area contributed by atoms with Crippen molar-refractivity contribution in [1.82, 2.24) is 5.32 Å². The summed E-state index contributed by atoms with van der Waals surface area (Å²) in [6.45, 7) is 11.2. The lowest BCUT2D eigenvalue weighted by molar-refractivity contribution is 0.113. The van der Waals surface area contributed by atoms with Crippen molar-refractivity contribution in [3.8, 4) is 0 Å². The fraction of sp³-hybridized carbons (Fsp3) is 1.00. The predicted octanol–water partition coefficient (Wildman–Crippen LogP) is 2.97. The van der Waals surface area contributed by atoms with Crippen LogP contribution < -0.4 is 5.32 Å². The van der Waals surface area contributed by atoms with Gasteiger partial charge < -0.3 is 10.1 Å². The molecule has 2 unspecified atom stereocenters. The summed E-state index contributed by atoms with van der Waals surface area (Å²) in [7, 11) is 0. The number of nitrogens with one attached hydrogen (secondary N) is 1. The van der Waals surface area contributed by atoms with Crippen LogP contribution in [0.15, 0.2) is 0 Å². The van der Waals surface area contributed by atoms with Crippen molar-refractivity contribution in [3.63, 3.8) is 0 Å². The molecule has 0 bridgehead atoms. The lowest BCUT2D eigenvalue weighted by Gasteiger charge is -2.19. The van der Waals surface area contributed by atoms with Gasteiger partial charge in [-0.1, -0.05) is 27.2 Å². The van der Waals surface area contributed by atoms with Gasteiger partial charge in [0.15, 0.2) is 0 Å². The Hall–Kier alpha value is -0.0800. The second kappa shape index (κ2) is 5.86. The monoisotopic (exact) mass is 213 g/mol. The summed E-state index contributed by atoms with van der Waals surface area (Å²) < 4.78 is 5.51. The molecule has 1 heterocycles. The van der Waals surface area contributed by atoms with Crippen LogP contribution >= 0.6 is 0 Å². The van der Waals surface area contributed by atoms with Crippen LogP contribution in [0.5, 0.6) is 0 Å². The minimum absolute atomic E-state index is 0.410. The van der Waals surface area contributed by atoms with Gasteiger partial charge in [0, 0.05) is 12.6 Å². The van der Waals surface area contributed by atoms with Crippen LogP contribution in [0.1, 0.15) is 53.4 Å². The number of hydrogen-bond donors (Lipinski definition) is 1. The van der Waals surface area contributed by atoms with E-state index in [9.17, 15) is 0 Å². The molecule has 0 spiro atoms. The van der Waals surface area contributed by atoms with Gasteiger partial charge in [0.25, 0.3) is 0 Å². The molecule has 0 aliphatic carbocycles. The molecular weight excluding hydrogens is 186 g/mol. The van der Waals surface area contributed by atoms with Crippen molar-refractivity contribution >= 4 is 0 Å². The molecule has 1 aliphatic rings. The first-order chi connectivity index (χ1) is 6.99. The predicted molar refractivity (Wildman–Crippen MR) is 65.1 cm³/mol. The van der Waals surface area contributed by atoms with E-state index < -0.39 is 0 Å². The van der Waals surface area contributed by atoms with E-state index >= 15 is 0 Å². The van der Waals surface area contributed by atoms with Gasteiger partial charge >= 0.3 is 0 Å². The smallest absolute Gasteiger partial charge is 0.0700 e. The Morgan fingerprint density at radius 1 is 1.27 bits per heavy atom. The number of rotatable bonds is 5. The van der Waals surface area contributed by atoms with Gasteiger partial charge in [0.2, 0.25) is 0 Å². The molecule has 0 aromatic rings. The molecule has 2 nitrogen and oxygen atoms in total. The molecule has 0 amide bonds. The number of ether oxygens (including phenoxy) is 1. The van der Waals surface area contributed by atoms with Gasteiger partial charge in [-0.15, -0.1) is 0 Å². The highest BCUT2D eigenvalue weighted by Crippen LogP contribution is 2.21. The second-order valence-corrected chi connectivity index (χ2v) is 5.94. The highest BCUT2D eigenvalue weighted by molar-refractivity contribution is 4.78. The Morgan fingerprint density at radius 3 is 2.53 bits per heavy atom. The van der Waals surface area contributed by atoms with Crippen LogP contribution in [0.3, 0.4) is 0 Å².